The maximum absolute atomic E-state index is 13.2. The van der Waals surface area contributed by atoms with Crippen molar-refractivity contribution in [3.05, 3.63) is 107 Å². The van der Waals surface area contributed by atoms with Crippen LogP contribution < -0.4 is 10.1 Å². The Hall–Kier alpha value is -4.26. The van der Waals surface area contributed by atoms with E-state index in [9.17, 15) is 14.0 Å². The minimum Gasteiger partial charge on any atom is -0.426 e. The van der Waals surface area contributed by atoms with E-state index in [1.165, 1.54) is 12.1 Å². The van der Waals surface area contributed by atoms with Gasteiger partial charge in [0.2, 0.25) is 0 Å². The van der Waals surface area contributed by atoms with Gasteiger partial charge in [-0.15, -0.1) is 0 Å². The van der Waals surface area contributed by atoms with Crippen LogP contribution in [-0.4, -0.2) is 21.7 Å². The molecule has 0 saturated heterocycles. The van der Waals surface area contributed by atoms with E-state index in [0.29, 0.717) is 28.4 Å². The van der Waals surface area contributed by atoms with E-state index < -0.39 is 5.97 Å². The molecule has 4 rings (SSSR count). The van der Waals surface area contributed by atoms with Crippen LogP contribution in [-0.2, 0) is 11.2 Å². The van der Waals surface area contributed by atoms with Gasteiger partial charge in [-0.2, -0.15) is 5.10 Å². The summed E-state index contributed by atoms with van der Waals surface area (Å²) in [4.78, 5) is 24.8. The SMILES string of the molecule is Cc1nn(-c2ccc(F)cc2)c(C)c1CC(=O)Oc1ccc(NC(=O)c2ccccc2)cc1. The van der Waals surface area contributed by atoms with Crippen LogP contribution in [0.1, 0.15) is 27.3 Å². The highest BCUT2D eigenvalue weighted by Gasteiger charge is 2.17. The number of benzene rings is 3. The zero-order valence-corrected chi connectivity index (χ0v) is 18.2. The molecule has 166 valence electrons. The summed E-state index contributed by atoms with van der Waals surface area (Å²) >= 11 is 0. The van der Waals surface area contributed by atoms with Crippen molar-refractivity contribution < 1.29 is 18.7 Å². The summed E-state index contributed by atoms with van der Waals surface area (Å²) in [6.07, 6.45) is 0.0470. The molecule has 1 N–H and O–H groups in total. The van der Waals surface area contributed by atoms with E-state index in [-0.39, 0.29) is 18.1 Å². The van der Waals surface area contributed by atoms with Gasteiger partial charge in [-0.05, 0) is 74.5 Å². The quantitative estimate of drug-likeness (QED) is 0.335. The maximum atomic E-state index is 13.2. The third-order valence-corrected chi connectivity index (χ3v) is 5.21. The third kappa shape index (κ3) is 5.15. The second kappa shape index (κ2) is 9.48. The summed E-state index contributed by atoms with van der Waals surface area (Å²) in [5, 5.41) is 7.28. The normalized spacial score (nSPS) is 10.6. The summed E-state index contributed by atoms with van der Waals surface area (Å²) in [7, 11) is 0. The van der Waals surface area contributed by atoms with Crippen LogP contribution in [0, 0.1) is 19.7 Å². The third-order valence-electron chi connectivity index (χ3n) is 5.21. The fraction of sp³-hybridized carbons (Fsp3) is 0.115. The summed E-state index contributed by atoms with van der Waals surface area (Å²) < 4.78 is 20.4. The van der Waals surface area contributed by atoms with Crippen LogP contribution >= 0.6 is 0 Å². The predicted octanol–water partition coefficient (Wildman–Crippen LogP) is 5.03. The molecule has 0 aliphatic carbocycles. The molecular formula is C26H22FN3O3. The second-order valence-electron chi connectivity index (χ2n) is 7.53. The van der Waals surface area contributed by atoms with E-state index in [1.807, 2.05) is 19.9 Å². The van der Waals surface area contributed by atoms with Crippen LogP contribution in [0.15, 0.2) is 78.9 Å². The number of amides is 1. The van der Waals surface area contributed by atoms with Crippen molar-refractivity contribution in [3.63, 3.8) is 0 Å². The molecule has 3 aromatic carbocycles. The fourth-order valence-electron chi connectivity index (χ4n) is 3.48. The molecular weight excluding hydrogens is 421 g/mol. The molecule has 0 atom stereocenters. The molecule has 0 bridgehead atoms. The first kappa shape index (κ1) is 22.0. The van der Waals surface area contributed by atoms with Gasteiger partial charge in [-0.3, -0.25) is 9.59 Å². The maximum Gasteiger partial charge on any atom is 0.315 e. The first-order valence-corrected chi connectivity index (χ1v) is 10.4. The highest BCUT2D eigenvalue weighted by atomic mass is 19.1. The number of hydrogen-bond acceptors (Lipinski definition) is 4. The molecule has 0 radical (unpaired) electrons. The zero-order valence-electron chi connectivity index (χ0n) is 18.2. The van der Waals surface area contributed by atoms with Crippen LogP contribution in [0.3, 0.4) is 0 Å². The number of halogens is 1. The molecule has 1 aromatic heterocycles. The summed E-state index contributed by atoms with van der Waals surface area (Å²) in [5.41, 5.74) is 4.11. The van der Waals surface area contributed by atoms with Gasteiger partial charge in [-0.1, -0.05) is 18.2 Å². The monoisotopic (exact) mass is 443 g/mol. The van der Waals surface area contributed by atoms with Crippen LogP contribution in [0.2, 0.25) is 0 Å². The topological polar surface area (TPSA) is 73.2 Å². The summed E-state index contributed by atoms with van der Waals surface area (Å²) in [5.74, 6) is -0.598. The Bertz CT molecular complexity index is 1280. The molecule has 1 amide bonds. The van der Waals surface area contributed by atoms with Crippen molar-refractivity contribution in [2.45, 2.75) is 20.3 Å². The van der Waals surface area contributed by atoms with Crippen molar-refractivity contribution in [2.75, 3.05) is 5.32 Å². The Balaban J connectivity index is 1.40. The van der Waals surface area contributed by atoms with Crippen LogP contribution in [0.25, 0.3) is 5.69 Å². The number of rotatable bonds is 6. The lowest BCUT2D eigenvalue weighted by molar-refractivity contribution is -0.133. The first-order chi connectivity index (χ1) is 15.9. The van der Waals surface area contributed by atoms with Gasteiger partial charge >= 0.3 is 5.97 Å². The van der Waals surface area contributed by atoms with Crippen LogP contribution in [0.5, 0.6) is 5.75 Å². The number of nitrogens with zero attached hydrogens (tertiary/aromatic N) is 2. The van der Waals surface area contributed by atoms with Gasteiger partial charge in [0, 0.05) is 22.5 Å². The van der Waals surface area contributed by atoms with Crippen LogP contribution in [0.4, 0.5) is 10.1 Å². The van der Waals surface area contributed by atoms with Crippen molar-refractivity contribution in [1.82, 2.24) is 9.78 Å². The smallest absolute Gasteiger partial charge is 0.315 e. The minimum atomic E-state index is -0.430. The Morgan fingerprint density at radius 2 is 1.61 bits per heavy atom. The first-order valence-electron chi connectivity index (χ1n) is 10.4. The number of carbonyl (C=O) groups excluding carboxylic acids is 2. The molecule has 0 aliphatic rings. The molecule has 0 unspecified atom stereocenters. The minimum absolute atomic E-state index is 0.0470. The lowest BCUT2D eigenvalue weighted by Crippen LogP contribution is -2.13. The molecule has 33 heavy (non-hydrogen) atoms. The summed E-state index contributed by atoms with van der Waals surface area (Å²) in [6, 6.07) is 21.5. The Kier molecular flexibility index (Phi) is 6.31. The van der Waals surface area contributed by atoms with Gasteiger partial charge in [0.05, 0.1) is 17.8 Å². The number of carbonyl (C=O) groups is 2. The van der Waals surface area contributed by atoms with E-state index in [0.717, 1.165) is 11.3 Å². The van der Waals surface area contributed by atoms with E-state index in [4.69, 9.17) is 4.74 Å². The number of ether oxygens (including phenoxy) is 1. The number of aryl methyl sites for hydroxylation is 1. The van der Waals surface area contributed by atoms with Gasteiger partial charge in [0.25, 0.3) is 5.91 Å². The highest BCUT2D eigenvalue weighted by Crippen LogP contribution is 2.21. The molecule has 0 aliphatic heterocycles. The second-order valence-corrected chi connectivity index (χ2v) is 7.53. The molecule has 1 heterocycles. The average Bonchev–Trinajstić information content (AvgIpc) is 3.09. The predicted molar refractivity (Wildman–Crippen MR) is 123 cm³/mol. The molecule has 6 nitrogen and oxygen atoms in total. The molecule has 0 fully saturated rings. The fourth-order valence-corrected chi connectivity index (χ4v) is 3.48. The highest BCUT2D eigenvalue weighted by molar-refractivity contribution is 6.04. The Morgan fingerprint density at radius 3 is 2.27 bits per heavy atom. The summed E-state index contributed by atoms with van der Waals surface area (Å²) in [6.45, 7) is 3.68. The molecule has 7 heteroatoms. The average molecular weight is 443 g/mol. The Morgan fingerprint density at radius 1 is 0.939 bits per heavy atom. The van der Waals surface area contributed by atoms with Gasteiger partial charge in [0.1, 0.15) is 11.6 Å². The Labute approximate surface area is 190 Å². The van der Waals surface area contributed by atoms with Crippen molar-refractivity contribution in [2.24, 2.45) is 0 Å². The number of nitrogens with one attached hydrogen (secondary N) is 1. The van der Waals surface area contributed by atoms with Crippen molar-refractivity contribution in [1.29, 1.82) is 0 Å². The van der Waals surface area contributed by atoms with Gasteiger partial charge < -0.3 is 10.1 Å². The van der Waals surface area contributed by atoms with Gasteiger partial charge in [-0.25, -0.2) is 9.07 Å². The number of aromatic nitrogens is 2. The number of hydrogen-bond donors (Lipinski definition) is 1. The zero-order chi connectivity index (χ0) is 23.4. The van der Waals surface area contributed by atoms with E-state index in [2.05, 4.69) is 10.4 Å². The lowest BCUT2D eigenvalue weighted by atomic mass is 10.1. The standard InChI is InChI=1S/C26H22FN3O3/c1-17-24(18(2)30(29-17)22-12-8-20(27)9-13-22)16-25(31)33-23-14-10-21(11-15-23)28-26(32)19-6-4-3-5-7-19/h3-15H,16H2,1-2H3,(H,28,32). The van der Waals surface area contributed by atoms with Crippen molar-refractivity contribution >= 4 is 17.6 Å². The molecule has 0 spiro atoms. The largest absolute Gasteiger partial charge is 0.426 e. The van der Waals surface area contributed by atoms with E-state index in [1.54, 1.807) is 65.3 Å². The number of anilines is 1. The van der Waals surface area contributed by atoms with Gasteiger partial charge in [0.15, 0.2) is 0 Å². The van der Waals surface area contributed by atoms with E-state index >= 15 is 0 Å². The number of esters is 1. The van der Waals surface area contributed by atoms with Crippen molar-refractivity contribution in [3.8, 4) is 11.4 Å². The lowest BCUT2D eigenvalue weighted by Gasteiger charge is -2.08. The molecule has 0 saturated carbocycles. The molecule has 4 aromatic rings.